The van der Waals surface area contributed by atoms with Crippen LogP contribution in [-0.4, -0.2) is 33.0 Å². The second-order valence-corrected chi connectivity index (χ2v) is 8.71. The summed E-state index contributed by atoms with van der Waals surface area (Å²) in [5.41, 5.74) is 4.40. The molecule has 0 atom stereocenters. The van der Waals surface area contributed by atoms with E-state index in [2.05, 4.69) is 10.6 Å². The van der Waals surface area contributed by atoms with Gasteiger partial charge in [0, 0.05) is 29.9 Å². The first-order chi connectivity index (χ1) is 12.8. The summed E-state index contributed by atoms with van der Waals surface area (Å²) in [5.74, 6) is -0.254. The molecule has 2 aromatic carbocycles. The number of benzene rings is 2. The van der Waals surface area contributed by atoms with Gasteiger partial charge in [-0.1, -0.05) is 0 Å². The molecule has 0 aliphatic carbocycles. The van der Waals surface area contributed by atoms with E-state index in [0.29, 0.717) is 42.7 Å². The Bertz CT molecular complexity index is 1060. The minimum Gasteiger partial charge on any atom is -0.326 e. The molecule has 27 heavy (non-hydrogen) atoms. The number of amides is 2. The molecule has 0 saturated heterocycles. The van der Waals surface area contributed by atoms with Gasteiger partial charge in [0.25, 0.3) is 5.91 Å². The Hall–Kier alpha value is -2.87. The van der Waals surface area contributed by atoms with Crippen LogP contribution < -0.4 is 14.9 Å². The van der Waals surface area contributed by atoms with Crippen LogP contribution in [0.5, 0.6) is 0 Å². The third-order valence-corrected chi connectivity index (χ3v) is 6.03. The van der Waals surface area contributed by atoms with Gasteiger partial charge in [-0.15, -0.1) is 0 Å². The molecule has 0 spiro atoms. The van der Waals surface area contributed by atoms with Gasteiger partial charge in [0.05, 0.1) is 11.9 Å². The molecular formula is C19H19N3O4S. The Morgan fingerprint density at radius 1 is 1.07 bits per heavy atom. The maximum atomic E-state index is 12.6. The molecule has 4 rings (SSSR count). The smallest absolute Gasteiger partial charge is 0.255 e. The van der Waals surface area contributed by atoms with Gasteiger partial charge in [-0.05, 0) is 60.4 Å². The zero-order valence-electron chi connectivity index (χ0n) is 14.8. The fourth-order valence-corrected chi connectivity index (χ4v) is 4.48. The van der Waals surface area contributed by atoms with Gasteiger partial charge in [0.15, 0.2) is 0 Å². The molecular weight excluding hydrogens is 366 g/mol. The standard InChI is InChI=1S/C19H19N3O4S/c1-27(25,26)22-9-8-13-10-14(2-6-17(13)22)19(24)20-15-4-5-16-12(11-15)3-7-18(23)21-16/h2,4-6,10-11H,3,7-9H2,1H3,(H,20,24)(H,21,23). The second kappa shape index (κ2) is 6.38. The summed E-state index contributed by atoms with van der Waals surface area (Å²) in [6.07, 6.45) is 2.85. The molecule has 8 heteroatoms. The van der Waals surface area contributed by atoms with Crippen molar-refractivity contribution in [2.24, 2.45) is 0 Å². The van der Waals surface area contributed by atoms with E-state index in [1.165, 1.54) is 10.6 Å². The molecule has 2 aromatic rings. The van der Waals surface area contributed by atoms with Crippen molar-refractivity contribution in [1.29, 1.82) is 0 Å². The average molecular weight is 385 g/mol. The van der Waals surface area contributed by atoms with Crippen LogP contribution in [0.25, 0.3) is 0 Å². The van der Waals surface area contributed by atoms with E-state index < -0.39 is 10.0 Å². The van der Waals surface area contributed by atoms with Crippen LogP contribution in [0, 0.1) is 0 Å². The molecule has 2 aliphatic rings. The maximum Gasteiger partial charge on any atom is 0.255 e. The predicted octanol–water partition coefficient (Wildman–Crippen LogP) is 2.15. The molecule has 2 N–H and O–H groups in total. The highest BCUT2D eigenvalue weighted by atomic mass is 32.2. The molecule has 0 fully saturated rings. The van der Waals surface area contributed by atoms with E-state index >= 15 is 0 Å². The lowest BCUT2D eigenvalue weighted by Crippen LogP contribution is -2.27. The van der Waals surface area contributed by atoms with Crippen LogP contribution >= 0.6 is 0 Å². The Kier molecular flexibility index (Phi) is 4.15. The Balaban J connectivity index is 1.54. The number of hydrogen-bond acceptors (Lipinski definition) is 4. The zero-order chi connectivity index (χ0) is 19.2. The molecule has 0 radical (unpaired) electrons. The SMILES string of the molecule is CS(=O)(=O)N1CCc2cc(C(=O)Nc3ccc4c(c3)CCC(=O)N4)ccc21. The fraction of sp³-hybridized carbons (Fsp3) is 0.263. The Labute approximate surface area is 157 Å². The summed E-state index contributed by atoms with van der Waals surface area (Å²) in [6.45, 7) is 0.399. The van der Waals surface area contributed by atoms with Crippen molar-refractivity contribution < 1.29 is 18.0 Å². The summed E-state index contributed by atoms with van der Waals surface area (Å²) < 4.78 is 25.0. The van der Waals surface area contributed by atoms with E-state index in [1.807, 2.05) is 6.07 Å². The lowest BCUT2D eigenvalue weighted by atomic mass is 10.0. The Morgan fingerprint density at radius 3 is 2.67 bits per heavy atom. The predicted molar refractivity (Wildman–Crippen MR) is 104 cm³/mol. The van der Waals surface area contributed by atoms with Crippen molar-refractivity contribution in [2.75, 3.05) is 27.7 Å². The molecule has 0 saturated carbocycles. The van der Waals surface area contributed by atoms with Crippen molar-refractivity contribution in [1.82, 2.24) is 0 Å². The number of anilines is 3. The number of nitrogens with zero attached hydrogens (tertiary/aromatic N) is 1. The van der Waals surface area contributed by atoms with Crippen LogP contribution in [0.15, 0.2) is 36.4 Å². The number of hydrogen-bond donors (Lipinski definition) is 2. The molecule has 7 nitrogen and oxygen atoms in total. The van der Waals surface area contributed by atoms with Gasteiger partial charge in [-0.2, -0.15) is 0 Å². The second-order valence-electron chi connectivity index (χ2n) is 6.80. The number of aryl methyl sites for hydroxylation is 1. The Morgan fingerprint density at radius 2 is 1.89 bits per heavy atom. The van der Waals surface area contributed by atoms with Crippen molar-refractivity contribution >= 4 is 38.9 Å². The van der Waals surface area contributed by atoms with Crippen molar-refractivity contribution in [2.45, 2.75) is 19.3 Å². The van der Waals surface area contributed by atoms with Gasteiger partial charge in [0.2, 0.25) is 15.9 Å². The fourth-order valence-electron chi connectivity index (χ4n) is 3.52. The number of sulfonamides is 1. The summed E-state index contributed by atoms with van der Waals surface area (Å²) in [6, 6.07) is 10.5. The van der Waals surface area contributed by atoms with E-state index in [9.17, 15) is 18.0 Å². The summed E-state index contributed by atoms with van der Waals surface area (Å²) in [5, 5.41) is 5.68. The summed E-state index contributed by atoms with van der Waals surface area (Å²) in [4.78, 5) is 24.0. The number of carbonyl (C=O) groups is 2. The van der Waals surface area contributed by atoms with Crippen molar-refractivity contribution in [3.8, 4) is 0 Å². The average Bonchev–Trinajstić information content (AvgIpc) is 3.05. The van der Waals surface area contributed by atoms with Gasteiger partial charge in [-0.25, -0.2) is 8.42 Å². The first-order valence-corrected chi connectivity index (χ1v) is 10.5. The normalized spacial score (nSPS) is 15.7. The van der Waals surface area contributed by atoms with Crippen LogP contribution in [0.1, 0.15) is 27.9 Å². The molecule has 0 bridgehead atoms. The van der Waals surface area contributed by atoms with Crippen molar-refractivity contribution in [3.63, 3.8) is 0 Å². The number of fused-ring (bicyclic) bond motifs is 2. The number of rotatable bonds is 3. The highest BCUT2D eigenvalue weighted by molar-refractivity contribution is 7.92. The molecule has 2 amide bonds. The van der Waals surface area contributed by atoms with E-state index in [4.69, 9.17) is 0 Å². The zero-order valence-corrected chi connectivity index (χ0v) is 15.6. The quantitative estimate of drug-likeness (QED) is 0.846. The van der Waals surface area contributed by atoms with E-state index in [-0.39, 0.29) is 11.8 Å². The third-order valence-electron chi connectivity index (χ3n) is 4.85. The van der Waals surface area contributed by atoms with Gasteiger partial charge in [-0.3, -0.25) is 13.9 Å². The molecule has 140 valence electrons. The van der Waals surface area contributed by atoms with Gasteiger partial charge >= 0.3 is 0 Å². The summed E-state index contributed by atoms with van der Waals surface area (Å²) >= 11 is 0. The van der Waals surface area contributed by atoms with Gasteiger partial charge < -0.3 is 10.6 Å². The first kappa shape index (κ1) is 17.5. The van der Waals surface area contributed by atoms with Crippen LogP contribution in [0.2, 0.25) is 0 Å². The molecule has 2 heterocycles. The number of carbonyl (C=O) groups excluding carboxylic acids is 2. The van der Waals surface area contributed by atoms with Crippen LogP contribution in [-0.2, 0) is 27.7 Å². The largest absolute Gasteiger partial charge is 0.326 e. The highest BCUT2D eigenvalue weighted by Gasteiger charge is 2.26. The maximum absolute atomic E-state index is 12.6. The highest BCUT2D eigenvalue weighted by Crippen LogP contribution is 2.31. The summed E-state index contributed by atoms with van der Waals surface area (Å²) in [7, 11) is -3.31. The van der Waals surface area contributed by atoms with Crippen molar-refractivity contribution in [3.05, 3.63) is 53.1 Å². The van der Waals surface area contributed by atoms with Crippen LogP contribution in [0.3, 0.4) is 0 Å². The lowest BCUT2D eigenvalue weighted by molar-refractivity contribution is -0.116. The van der Waals surface area contributed by atoms with Crippen LogP contribution in [0.4, 0.5) is 17.1 Å². The lowest BCUT2D eigenvalue weighted by Gasteiger charge is -2.18. The third kappa shape index (κ3) is 3.40. The minimum atomic E-state index is -3.31. The molecule has 0 aromatic heterocycles. The first-order valence-electron chi connectivity index (χ1n) is 8.66. The topological polar surface area (TPSA) is 95.6 Å². The van der Waals surface area contributed by atoms with E-state index in [0.717, 1.165) is 16.8 Å². The number of nitrogens with one attached hydrogen (secondary N) is 2. The molecule has 0 unspecified atom stereocenters. The monoisotopic (exact) mass is 385 g/mol. The van der Waals surface area contributed by atoms with Gasteiger partial charge in [0.1, 0.15) is 0 Å². The minimum absolute atomic E-state index is 0.000522. The molecule has 2 aliphatic heterocycles. The van der Waals surface area contributed by atoms with E-state index in [1.54, 1.807) is 30.3 Å².